The molecular formula is C17H21N5O4. The van der Waals surface area contributed by atoms with Crippen molar-refractivity contribution < 1.29 is 19.4 Å². The second-order valence-corrected chi connectivity index (χ2v) is 6.12. The second kappa shape index (κ2) is 7.84. The highest BCUT2D eigenvalue weighted by molar-refractivity contribution is 6.14. The minimum atomic E-state index is -1.23. The Bertz CT molecular complexity index is 756. The van der Waals surface area contributed by atoms with E-state index in [0.717, 1.165) is 12.8 Å². The number of hydrogen-bond donors (Lipinski definition) is 5. The van der Waals surface area contributed by atoms with Crippen molar-refractivity contribution in [3.8, 4) is 6.07 Å². The molecule has 0 heterocycles. The molecule has 0 aromatic carbocycles. The van der Waals surface area contributed by atoms with Gasteiger partial charge < -0.3 is 31.6 Å². The lowest BCUT2D eigenvalue weighted by molar-refractivity contribution is -0.126. The number of carbonyl (C=O) groups excluding carboxylic acids is 2. The minimum Gasteiger partial charge on any atom is -0.492 e. The van der Waals surface area contributed by atoms with E-state index in [2.05, 4.69) is 16.7 Å². The lowest BCUT2D eigenvalue weighted by Crippen LogP contribution is -2.48. The molecule has 26 heavy (non-hydrogen) atoms. The highest BCUT2D eigenvalue weighted by Gasteiger charge is 2.44. The molecular weight excluding hydrogens is 338 g/mol. The number of nitrogens with two attached hydrogens (primary N) is 1. The Balaban J connectivity index is 2.20. The first-order chi connectivity index (χ1) is 12.4. The number of allylic oxidation sites excluding steroid dienone is 4. The first kappa shape index (κ1) is 19.2. The molecule has 2 aliphatic rings. The van der Waals surface area contributed by atoms with Gasteiger partial charge in [-0.2, -0.15) is 5.26 Å². The van der Waals surface area contributed by atoms with Gasteiger partial charge in [0.05, 0.1) is 23.8 Å². The fourth-order valence-electron chi connectivity index (χ4n) is 2.29. The van der Waals surface area contributed by atoms with Crippen molar-refractivity contribution in [2.45, 2.75) is 18.9 Å². The van der Waals surface area contributed by atoms with Gasteiger partial charge in [-0.3, -0.25) is 9.59 Å². The molecule has 1 saturated carbocycles. The number of ether oxygens (including phenoxy) is 1. The maximum atomic E-state index is 12.4. The van der Waals surface area contributed by atoms with Crippen molar-refractivity contribution in [1.82, 2.24) is 10.6 Å². The van der Waals surface area contributed by atoms with Crippen LogP contribution in [-0.2, 0) is 14.3 Å². The van der Waals surface area contributed by atoms with Crippen LogP contribution in [-0.4, -0.2) is 48.9 Å². The number of aliphatic hydroxyl groups is 1. The SMILES string of the molecule is CN/C(C(=O)N[C@@H](CO)C(N)=O)=C1/C=C(OCC2(C#N)CC2)C=CC1=N. The van der Waals surface area contributed by atoms with Crippen LogP contribution >= 0.6 is 0 Å². The van der Waals surface area contributed by atoms with E-state index in [1.54, 1.807) is 6.08 Å². The van der Waals surface area contributed by atoms with Gasteiger partial charge in [0.25, 0.3) is 5.91 Å². The van der Waals surface area contributed by atoms with Crippen LogP contribution in [0, 0.1) is 22.2 Å². The lowest BCUT2D eigenvalue weighted by Gasteiger charge is -2.19. The molecule has 0 radical (unpaired) electrons. The quantitative estimate of drug-likeness (QED) is 0.357. The Morgan fingerprint density at radius 1 is 1.50 bits per heavy atom. The van der Waals surface area contributed by atoms with Gasteiger partial charge in [0.15, 0.2) is 0 Å². The number of nitrogens with one attached hydrogen (secondary N) is 3. The second-order valence-electron chi connectivity index (χ2n) is 6.12. The molecule has 0 saturated heterocycles. The Labute approximate surface area is 150 Å². The molecule has 2 aliphatic carbocycles. The Kier molecular flexibility index (Phi) is 5.79. The van der Waals surface area contributed by atoms with Gasteiger partial charge in [0.2, 0.25) is 5.91 Å². The van der Waals surface area contributed by atoms with Crippen LogP contribution in [0.25, 0.3) is 0 Å². The van der Waals surface area contributed by atoms with E-state index in [0.29, 0.717) is 5.76 Å². The molecule has 0 aliphatic heterocycles. The number of nitrogens with zero attached hydrogens (tertiary/aromatic N) is 1. The molecule has 9 heteroatoms. The highest BCUT2D eigenvalue weighted by Crippen LogP contribution is 2.45. The molecule has 2 rings (SSSR count). The van der Waals surface area contributed by atoms with Gasteiger partial charge in [-0.15, -0.1) is 0 Å². The van der Waals surface area contributed by atoms with Crippen molar-refractivity contribution >= 4 is 17.5 Å². The van der Waals surface area contributed by atoms with Crippen molar-refractivity contribution in [1.29, 1.82) is 10.7 Å². The minimum absolute atomic E-state index is 0.0292. The largest absolute Gasteiger partial charge is 0.492 e. The van der Waals surface area contributed by atoms with Crippen molar-refractivity contribution in [3.63, 3.8) is 0 Å². The number of aliphatic hydroxyl groups excluding tert-OH is 1. The van der Waals surface area contributed by atoms with E-state index in [9.17, 15) is 9.59 Å². The maximum Gasteiger partial charge on any atom is 0.268 e. The third-order valence-electron chi connectivity index (χ3n) is 4.17. The summed E-state index contributed by atoms with van der Waals surface area (Å²) >= 11 is 0. The summed E-state index contributed by atoms with van der Waals surface area (Å²) in [6.45, 7) is -0.388. The average molecular weight is 359 g/mol. The van der Waals surface area contributed by atoms with Crippen molar-refractivity contribution in [2.24, 2.45) is 11.1 Å². The standard InChI is InChI=1S/C17H21N5O4/c1-21-14(16(25)22-13(7-23)15(20)24)11-6-10(2-3-12(11)19)26-9-17(8-18)4-5-17/h2-3,6,13,19,21,23H,4-5,7,9H2,1H3,(H2,20,24)(H,22,25)/b14-11-,19-12?/t13-/m0/s1. The number of hydrogen-bond acceptors (Lipinski definition) is 7. The van der Waals surface area contributed by atoms with Crippen molar-refractivity contribution in [3.05, 3.63) is 35.3 Å². The van der Waals surface area contributed by atoms with E-state index in [1.165, 1.54) is 19.2 Å². The molecule has 0 aromatic rings. The first-order valence-electron chi connectivity index (χ1n) is 8.01. The Morgan fingerprint density at radius 3 is 2.69 bits per heavy atom. The zero-order valence-corrected chi connectivity index (χ0v) is 14.3. The summed E-state index contributed by atoms with van der Waals surface area (Å²) < 4.78 is 5.64. The molecule has 9 nitrogen and oxygen atoms in total. The van der Waals surface area contributed by atoms with Crippen LogP contribution in [0.5, 0.6) is 0 Å². The first-order valence-corrected chi connectivity index (χ1v) is 8.01. The molecule has 0 bridgehead atoms. The Morgan fingerprint density at radius 2 is 2.19 bits per heavy atom. The summed E-state index contributed by atoms with van der Waals surface area (Å²) in [5.41, 5.74) is 5.01. The number of amides is 2. The molecule has 0 unspecified atom stereocenters. The van der Waals surface area contributed by atoms with E-state index in [1.807, 2.05) is 0 Å². The summed E-state index contributed by atoms with van der Waals surface area (Å²) in [5.74, 6) is -1.14. The monoisotopic (exact) mass is 359 g/mol. The van der Waals surface area contributed by atoms with Crippen LogP contribution in [0.3, 0.4) is 0 Å². The predicted octanol–water partition coefficient (Wildman–Crippen LogP) is -0.784. The molecule has 0 aromatic heterocycles. The molecule has 1 fully saturated rings. The lowest BCUT2D eigenvalue weighted by atomic mass is 10.0. The fourth-order valence-corrected chi connectivity index (χ4v) is 2.29. The average Bonchev–Trinajstić information content (AvgIpc) is 3.41. The maximum absolute atomic E-state index is 12.4. The zero-order valence-electron chi connectivity index (χ0n) is 14.3. The van der Waals surface area contributed by atoms with E-state index in [4.69, 9.17) is 26.2 Å². The number of likely N-dealkylation sites (N-methyl/N-ethyl adjacent to an activating group) is 1. The van der Waals surface area contributed by atoms with E-state index >= 15 is 0 Å². The smallest absolute Gasteiger partial charge is 0.268 e. The van der Waals surface area contributed by atoms with Gasteiger partial charge in [-0.1, -0.05) is 0 Å². The van der Waals surface area contributed by atoms with Crippen LogP contribution in [0.2, 0.25) is 0 Å². The Hall–Kier alpha value is -3.12. The number of rotatable bonds is 8. The molecule has 0 spiro atoms. The third-order valence-corrected chi connectivity index (χ3v) is 4.17. The summed E-state index contributed by atoms with van der Waals surface area (Å²) in [7, 11) is 1.50. The van der Waals surface area contributed by atoms with Crippen LogP contribution in [0.4, 0.5) is 0 Å². The van der Waals surface area contributed by atoms with Crippen LogP contribution in [0.15, 0.2) is 35.3 Å². The number of carbonyl (C=O) groups is 2. The van der Waals surface area contributed by atoms with E-state index < -0.39 is 29.9 Å². The summed E-state index contributed by atoms with van der Waals surface area (Å²) in [6, 6.07) is 0.997. The van der Waals surface area contributed by atoms with Gasteiger partial charge in [0.1, 0.15) is 24.1 Å². The summed E-state index contributed by atoms with van der Waals surface area (Å²) in [6.07, 6.45) is 6.15. The predicted molar refractivity (Wildman–Crippen MR) is 92.5 cm³/mol. The van der Waals surface area contributed by atoms with Gasteiger partial charge in [-0.25, -0.2) is 0 Å². The normalized spacial score (nSPS) is 20.3. The summed E-state index contributed by atoms with van der Waals surface area (Å²) in [4.78, 5) is 23.6. The number of nitriles is 1. The van der Waals surface area contributed by atoms with E-state index in [-0.39, 0.29) is 23.6 Å². The molecule has 6 N–H and O–H groups in total. The zero-order chi connectivity index (χ0) is 19.3. The van der Waals surface area contributed by atoms with Gasteiger partial charge in [0, 0.05) is 12.6 Å². The van der Waals surface area contributed by atoms with Gasteiger partial charge >= 0.3 is 0 Å². The number of primary amides is 1. The molecule has 1 atom stereocenters. The van der Waals surface area contributed by atoms with Crippen LogP contribution < -0.4 is 16.4 Å². The molecule has 138 valence electrons. The highest BCUT2D eigenvalue weighted by atomic mass is 16.5. The third kappa shape index (κ3) is 4.29. The topological polar surface area (TPSA) is 161 Å². The van der Waals surface area contributed by atoms with Gasteiger partial charge in [-0.05, 0) is 31.1 Å². The van der Waals surface area contributed by atoms with Crippen molar-refractivity contribution in [2.75, 3.05) is 20.3 Å². The van der Waals surface area contributed by atoms with Crippen LogP contribution in [0.1, 0.15) is 12.8 Å². The summed E-state index contributed by atoms with van der Waals surface area (Å²) in [5, 5.41) is 31.2. The molecule has 2 amide bonds. The fraction of sp³-hybridized carbons (Fsp3) is 0.412.